The molecule has 0 aliphatic carbocycles. The van der Waals surface area contributed by atoms with Crippen LogP contribution >= 0.6 is 0 Å². The fourth-order valence-electron chi connectivity index (χ4n) is 3.32. The third-order valence-corrected chi connectivity index (χ3v) is 4.58. The zero-order chi connectivity index (χ0) is 14.4. The lowest BCUT2D eigenvalue weighted by Crippen LogP contribution is -2.29. The topological polar surface area (TPSA) is 48.4 Å². The molecule has 3 aromatic rings. The predicted octanol–water partition coefficient (Wildman–Crippen LogP) is 4.01. The number of hydrogen-bond acceptors (Lipinski definition) is 3. The van der Waals surface area contributed by atoms with Crippen LogP contribution in [0.25, 0.3) is 21.9 Å². The molecular weight excluding hydrogens is 262 g/mol. The van der Waals surface area contributed by atoms with Gasteiger partial charge in [0.15, 0.2) is 0 Å². The van der Waals surface area contributed by atoms with Crippen molar-refractivity contribution in [3.63, 3.8) is 0 Å². The van der Waals surface area contributed by atoms with Crippen molar-refractivity contribution >= 4 is 21.9 Å². The fraction of sp³-hybridized carbons (Fsp3) is 0.333. The predicted molar refractivity (Wildman–Crippen MR) is 84.2 cm³/mol. The van der Waals surface area contributed by atoms with E-state index < -0.39 is 0 Å². The first kappa shape index (κ1) is 12.9. The molecule has 3 heteroatoms. The number of nitrogens with two attached hydrogens (primary N) is 1. The van der Waals surface area contributed by atoms with Crippen molar-refractivity contribution in [1.82, 2.24) is 0 Å². The maximum absolute atomic E-state index is 6.44. The van der Waals surface area contributed by atoms with Gasteiger partial charge in [-0.1, -0.05) is 31.2 Å². The van der Waals surface area contributed by atoms with Gasteiger partial charge in [0.25, 0.3) is 0 Å². The third kappa shape index (κ3) is 2.04. The normalized spacial score (nSPS) is 23.9. The largest absolute Gasteiger partial charge is 0.456 e. The van der Waals surface area contributed by atoms with Gasteiger partial charge < -0.3 is 14.9 Å². The Hall–Kier alpha value is -1.84. The van der Waals surface area contributed by atoms with Gasteiger partial charge >= 0.3 is 0 Å². The van der Waals surface area contributed by atoms with Gasteiger partial charge in [-0.2, -0.15) is 0 Å². The standard InChI is InChI=1S/C18H19NO2/c1-11-8-9-20-18(11)17(19)12-6-7-16-14(10-12)13-4-2-3-5-15(13)21-16/h2-7,10-11,17-18H,8-9,19H2,1H3. The van der Waals surface area contributed by atoms with E-state index in [1.807, 2.05) is 24.3 Å². The molecule has 0 spiro atoms. The van der Waals surface area contributed by atoms with E-state index in [9.17, 15) is 0 Å². The molecular formula is C18H19NO2. The minimum atomic E-state index is -0.0828. The van der Waals surface area contributed by atoms with E-state index in [1.54, 1.807) is 0 Å². The van der Waals surface area contributed by atoms with Gasteiger partial charge in [0.1, 0.15) is 11.2 Å². The average Bonchev–Trinajstić information content (AvgIpc) is 3.09. The van der Waals surface area contributed by atoms with Crippen molar-refractivity contribution in [3.8, 4) is 0 Å². The molecule has 1 saturated heterocycles. The lowest BCUT2D eigenvalue weighted by atomic mass is 9.92. The molecule has 0 bridgehead atoms. The zero-order valence-corrected chi connectivity index (χ0v) is 12.1. The number of fused-ring (bicyclic) bond motifs is 3. The summed E-state index contributed by atoms with van der Waals surface area (Å²) in [6, 6.07) is 14.3. The molecule has 0 radical (unpaired) electrons. The Balaban J connectivity index is 1.80. The smallest absolute Gasteiger partial charge is 0.135 e. The van der Waals surface area contributed by atoms with Gasteiger partial charge in [-0.15, -0.1) is 0 Å². The van der Waals surface area contributed by atoms with E-state index in [2.05, 4.69) is 25.1 Å². The molecule has 1 aliphatic heterocycles. The second kappa shape index (κ2) is 4.86. The first-order chi connectivity index (χ1) is 10.2. The maximum atomic E-state index is 6.44. The number of hydrogen-bond donors (Lipinski definition) is 1. The molecule has 3 nitrogen and oxygen atoms in total. The number of para-hydroxylation sites is 1. The molecule has 3 atom stereocenters. The van der Waals surface area contributed by atoms with Gasteiger partial charge in [-0.05, 0) is 36.1 Å². The molecule has 108 valence electrons. The van der Waals surface area contributed by atoms with E-state index >= 15 is 0 Å². The summed E-state index contributed by atoms with van der Waals surface area (Å²) in [5.74, 6) is 0.511. The van der Waals surface area contributed by atoms with Gasteiger partial charge in [0.05, 0.1) is 12.1 Å². The van der Waals surface area contributed by atoms with E-state index in [1.165, 1.54) is 0 Å². The Labute approximate surface area is 123 Å². The Bertz CT molecular complexity index is 792. The third-order valence-electron chi connectivity index (χ3n) is 4.58. The second-order valence-corrected chi connectivity index (χ2v) is 5.98. The SMILES string of the molecule is CC1CCOC1C(N)c1ccc2oc3ccccc3c2c1. The number of benzene rings is 2. The molecule has 0 saturated carbocycles. The Morgan fingerprint density at radius 1 is 1.10 bits per heavy atom. The minimum Gasteiger partial charge on any atom is -0.456 e. The summed E-state index contributed by atoms with van der Waals surface area (Å²) in [5, 5.41) is 2.27. The summed E-state index contributed by atoms with van der Waals surface area (Å²) in [4.78, 5) is 0. The number of ether oxygens (including phenoxy) is 1. The minimum absolute atomic E-state index is 0.0828. The molecule has 3 unspecified atom stereocenters. The Kier molecular flexibility index (Phi) is 2.98. The van der Waals surface area contributed by atoms with Crippen LogP contribution in [0.2, 0.25) is 0 Å². The molecule has 2 N–H and O–H groups in total. The summed E-state index contributed by atoms with van der Waals surface area (Å²) in [5.41, 5.74) is 9.39. The maximum Gasteiger partial charge on any atom is 0.135 e. The quantitative estimate of drug-likeness (QED) is 0.772. The highest BCUT2D eigenvalue weighted by molar-refractivity contribution is 6.05. The van der Waals surface area contributed by atoms with Crippen molar-refractivity contribution < 1.29 is 9.15 Å². The lowest BCUT2D eigenvalue weighted by Gasteiger charge is -2.22. The highest BCUT2D eigenvalue weighted by atomic mass is 16.5. The second-order valence-electron chi connectivity index (χ2n) is 5.98. The van der Waals surface area contributed by atoms with Crippen LogP contribution in [0.1, 0.15) is 24.9 Å². The first-order valence-corrected chi connectivity index (χ1v) is 7.52. The molecule has 2 heterocycles. The van der Waals surface area contributed by atoms with Crippen LogP contribution in [-0.2, 0) is 4.74 Å². The molecule has 4 rings (SSSR count). The van der Waals surface area contributed by atoms with E-state index in [0.717, 1.165) is 40.5 Å². The average molecular weight is 281 g/mol. The Morgan fingerprint density at radius 2 is 1.90 bits per heavy atom. The van der Waals surface area contributed by atoms with Gasteiger partial charge in [-0.3, -0.25) is 0 Å². The fourth-order valence-corrected chi connectivity index (χ4v) is 3.32. The lowest BCUT2D eigenvalue weighted by molar-refractivity contribution is 0.0725. The van der Waals surface area contributed by atoms with Crippen LogP contribution in [0, 0.1) is 5.92 Å². The van der Waals surface area contributed by atoms with Crippen LogP contribution < -0.4 is 5.73 Å². The number of rotatable bonds is 2. The van der Waals surface area contributed by atoms with Crippen molar-refractivity contribution in [1.29, 1.82) is 0 Å². The summed E-state index contributed by atoms with van der Waals surface area (Å²) in [6.07, 6.45) is 1.20. The van der Waals surface area contributed by atoms with Crippen LogP contribution in [0.3, 0.4) is 0 Å². The molecule has 21 heavy (non-hydrogen) atoms. The van der Waals surface area contributed by atoms with Crippen molar-refractivity contribution in [2.24, 2.45) is 11.7 Å². The van der Waals surface area contributed by atoms with Gasteiger partial charge in [-0.25, -0.2) is 0 Å². The van der Waals surface area contributed by atoms with Crippen LogP contribution in [0.15, 0.2) is 46.9 Å². The highest BCUT2D eigenvalue weighted by Gasteiger charge is 2.30. The zero-order valence-electron chi connectivity index (χ0n) is 12.1. The van der Waals surface area contributed by atoms with Crippen molar-refractivity contribution in [2.45, 2.75) is 25.5 Å². The van der Waals surface area contributed by atoms with Gasteiger partial charge in [0.2, 0.25) is 0 Å². The first-order valence-electron chi connectivity index (χ1n) is 7.52. The molecule has 1 aromatic heterocycles. The van der Waals surface area contributed by atoms with Crippen molar-refractivity contribution in [2.75, 3.05) is 6.61 Å². The van der Waals surface area contributed by atoms with E-state index in [0.29, 0.717) is 5.92 Å². The van der Waals surface area contributed by atoms with E-state index in [-0.39, 0.29) is 12.1 Å². The monoisotopic (exact) mass is 281 g/mol. The summed E-state index contributed by atoms with van der Waals surface area (Å²) < 4.78 is 11.7. The molecule has 0 amide bonds. The summed E-state index contributed by atoms with van der Waals surface area (Å²) in [6.45, 7) is 3.03. The van der Waals surface area contributed by atoms with Crippen LogP contribution in [0.4, 0.5) is 0 Å². The van der Waals surface area contributed by atoms with Crippen LogP contribution in [0.5, 0.6) is 0 Å². The molecule has 1 fully saturated rings. The van der Waals surface area contributed by atoms with Gasteiger partial charge in [0, 0.05) is 17.4 Å². The summed E-state index contributed by atoms with van der Waals surface area (Å²) >= 11 is 0. The van der Waals surface area contributed by atoms with E-state index in [4.69, 9.17) is 14.9 Å². The summed E-state index contributed by atoms with van der Waals surface area (Å²) in [7, 11) is 0. The Morgan fingerprint density at radius 3 is 2.71 bits per heavy atom. The van der Waals surface area contributed by atoms with Crippen molar-refractivity contribution in [3.05, 3.63) is 48.0 Å². The molecule has 2 aromatic carbocycles. The number of furan rings is 1. The highest BCUT2D eigenvalue weighted by Crippen LogP contribution is 2.34. The molecule has 1 aliphatic rings. The van der Waals surface area contributed by atoms with Crippen LogP contribution in [-0.4, -0.2) is 12.7 Å².